The van der Waals surface area contributed by atoms with E-state index in [-0.39, 0.29) is 42.3 Å². The molecule has 0 spiro atoms. The Morgan fingerprint density at radius 3 is 2.15 bits per heavy atom. The fraction of sp³-hybridized carbons (Fsp3) is 0.536. The number of aromatic nitrogens is 1. The van der Waals surface area contributed by atoms with Gasteiger partial charge in [0.15, 0.2) is 0 Å². The molecule has 0 bridgehead atoms. The predicted molar refractivity (Wildman–Crippen MR) is 137 cm³/mol. The van der Waals surface area contributed by atoms with Crippen LogP contribution >= 0.6 is 0 Å². The van der Waals surface area contributed by atoms with Crippen molar-refractivity contribution in [2.45, 2.75) is 84.4 Å². The second-order valence-electron chi connectivity index (χ2n) is 9.54. The Bertz CT molecular complexity index is 861. The summed E-state index contributed by atoms with van der Waals surface area (Å²) in [5, 5.41) is 3.02. The van der Waals surface area contributed by atoms with E-state index in [0.717, 1.165) is 17.5 Å². The molecule has 34 heavy (non-hydrogen) atoms. The Labute approximate surface area is 205 Å². The number of hydrogen-bond acceptors (Lipinski definition) is 4. The molecule has 1 heterocycles. The summed E-state index contributed by atoms with van der Waals surface area (Å²) in [6.07, 6.45) is 4.59. The molecular formula is C28H41N3O3. The van der Waals surface area contributed by atoms with Gasteiger partial charge in [-0.05, 0) is 65.2 Å². The van der Waals surface area contributed by atoms with Crippen molar-refractivity contribution >= 4 is 11.8 Å². The Hall–Kier alpha value is -2.73. The maximum atomic E-state index is 14.0. The standard InChI is InChI=1S/C28H41N3O3/c1-20(2)31(21(3)4)28(33)27(24-14-10-15-29-19-24)25(23-12-8-7-9-13-23)18-26(32)30-16-11-17-34-22(5)6/h7-10,12-15,19-22,25,27H,11,16-18H2,1-6H3,(H,30,32). The smallest absolute Gasteiger partial charge is 0.231 e. The van der Waals surface area contributed by atoms with E-state index in [2.05, 4.69) is 10.3 Å². The molecule has 1 N–H and O–H groups in total. The van der Waals surface area contributed by atoms with E-state index in [0.29, 0.717) is 13.2 Å². The topological polar surface area (TPSA) is 71.5 Å². The molecule has 0 aliphatic rings. The van der Waals surface area contributed by atoms with E-state index in [1.54, 1.807) is 12.4 Å². The van der Waals surface area contributed by atoms with E-state index >= 15 is 0 Å². The zero-order chi connectivity index (χ0) is 25.1. The highest BCUT2D eigenvalue weighted by molar-refractivity contribution is 5.87. The zero-order valence-corrected chi connectivity index (χ0v) is 21.5. The number of nitrogens with one attached hydrogen (secondary N) is 1. The van der Waals surface area contributed by atoms with Crippen LogP contribution < -0.4 is 5.32 Å². The number of hydrogen-bond donors (Lipinski definition) is 1. The van der Waals surface area contributed by atoms with Crippen molar-refractivity contribution < 1.29 is 14.3 Å². The summed E-state index contributed by atoms with van der Waals surface area (Å²) in [5.74, 6) is -0.883. The molecule has 186 valence electrons. The lowest BCUT2D eigenvalue weighted by molar-refractivity contribution is -0.137. The average Bonchev–Trinajstić information content (AvgIpc) is 2.79. The molecule has 0 saturated heterocycles. The van der Waals surface area contributed by atoms with Gasteiger partial charge in [0.2, 0.25) is 11.8 Å². The van der Waals surface area contributed by atoms with Gasteiger partial charge in [-0.3, -0.25) is 14.6 Å². The number of nitrogens with zero attached hydrogens (tertiary/aromatic N) is 2. The second-order valence-corrected chi connectivity index (χ2v) is 9.54. The third-order valence-electron chi connectivity index (χ3n) is 5.81. The molecule has 1 aromatic heterocycles. The summed E-state index contributed by atoms with van der Waals surface area (Å²) in [5.41, 5.74) is 1.79. The first-order chi connectivity index (χ1) is 16.2. The minimum Gasteiger partial charge on any atom is -0.379 e. The van der Waals surface area contributed by atoms with Crippen molar-refractivity contribution in [1.82, 2.24) is 15.2 Å². The zero-order valence-electron chi connectivity index (χ0n) is 21.5. The van der Waals surface area contributed by atoms with Crippen LogP contribution in [0.25, 0.3) is 0 Å². The Morgan fingerprint density at radius 1 is 0.941 bits per heavy atom. The van der Waals surface area contributed by atoms with Crippen LogP contribution in [0.1, 0.15) is 77.3 Å². The normalized spacial score (nSPS) is 13.2. The lowest BCUT2D eigenvalue weighted by atomic mass is 9.78. The van der Waals surface area contributed by atoms with Gasteiger partial charge in [0.05, 0.1) is 12.0 Å². The Balaban J connectivity index is 2.35. The Kier molecular flexibility index (Phi) is 11.2. The van der Waals surface area contributed by atoms with Crippen LogP contribution in [0.15, 0.2) is 54.9 Å². The number of rotatable bonds is 13. The molecule has 0 radical (unpaired) electrons. The summed E-state index contributed by atoms with van der Waals surface area (Å²) >= 11 is 0. The molecule has 0 aliphatic carbocycles. The third-order valence-corrected chi connectivity index (χ3v) is 5.81. The first-order valence-corrected chi connectivity index (χ1v) is 12.4. The van der Waals surface area contributed by atoms with Gasteiger partial charge in [-0.25, -0.2) is 0 Å². The maximum Gasteiger partial charge on any atom is 0.231 e. The van der Waals surface area contributed by atoms with Gasteiger partial charge < -0.3 is 15.0 Å². The largest absolute Gasteiger partial charge is 0.379 e. The summed E-state index contributed by atoms with van der Waals surface area (Å²) in [7, 11) is 0. The van der Waals surface area contributed by atoms with Crippen molar-refractivity contribution in [2.75, 3.05) is 13.2 Å². The monoisotopic (exact) mass is 467 g/mol. The number of benzene rings is 1. The van der Waals surface area contributed by atoms with Crippen LogP contribution in [0, 0.1) is 0 Å². The highest BCUT2D eigenvalue weighted by Crippen LogP contribution is 2.38. The molecular weight excluding hydrogens is 426 g/mol. The summed E-state index contributed by atoms with van der Waals surface area (Å²) in [6.45, 7) is 13.3. The van der Waals surface area contributed by atoms with E-state index in [4.69, 9.17) is 4.74 Å². The number of carbonyl (C=O) groups is 2. The first-order valence-electron chi connectivity index (χ1n) is 12.4. The molecule has 6 heteroatoms. The van der Waals surface area contributed by atoms with Gasteiger partial charge >= 0.3 is 0 Å². The summed E-state index contributed by atoms with van der Waals surface area (Å²) in [4.78, 5) is 33.3. The lowest BCUT2D eigenvalue weighted by Gasteiger charge is -2.37. The fourth-order valence-electron chi connectivity index (χ4n) is 4.39. The molecule has 2 atom stereocenters. The molecule has 2 unspecified atom stereocenters. The molecule has 1 aromatic carbocycles. The quantitative estimate of drug-likeness (QED) is 0.425. The summed E-state index contributed by atoms with van der Waals surface area (Å²) in [6, 6.07) is 13.7. The summed E-state index contributed by atoms with van der Waals surface area (Å²) < 4.78 is 5.56. The number of amides is 2. The van der Waals surface area contributed by atoms with Gasteiger partial charge in [-0.2, -0.15) is 0 Å². The van der Waals surface area contributed by atoms with E-state index in [9.17, 15) is 9.59 Å². The number of pyridine rings is 1. The second kappa shape index (κ2) is 13.9. The van der Waals surface area contributed by atoms with Gasteiger partial charge in [-0.1, -0.05) is 36.4 Å². The molecule has 2 aromatic rings. The van der Waals surface area contributed by atoms with Crippen molar-refractivity contribution in [3.63, 3.8) is 0 Å². The molecule has 6 nitrogen and oxygen atoms in total. The van der Waals surface area contributed by atoms with Crippen LogP contribution in [-0.4, -0.2) is 53.0 Å². The number of ether oxygens (including phenoxy) is 1. The van der Waals surface area contributed by atoms with Gasteiger partial charge in [-0.15, -0.1) is 0 Å². The highest BCUT2D eigenvalue weighted by atomic mass is 16.5. The van der Waals surface area contributed by atoms with Crippen molar-refractivity contribution in [3.05, 3.63) is 66.0 Å². The number of carbonyl (C=O) groups excluding carboxylic acids is 2. The minimum absolute atomic E-state index is 0.0185. The maximum absolute atomic E-state index is 14.0. The predicted octanol–water partition coefficient (Wildman–Crippen LogP) is 4.92. The van der Waals surface area contributed by atoms with Gasteiger partial charge in [0.1, 0.15) is 0 Å². The fourth-order valence-corrected chi connectivity index (χ4v) is 4.39. The first kappa shape index (κ1) is 27.5. The van der Waals surface area contributed by atoms with E-state index in [1.807, 2.05) is 88.9 Å². The SMILES string of the molecule is CC(C)OCCCNC(=O)CC(c1ccccc1)C(C(=O)N(C(C)C)C(C)C)c1cccnc1. The van der Waals surface area contributed by atoms with Crippen molar-refractivity contribution in [1.29, 1.82) is 0 Å². The molecule has 0 saturated carbocycles. The average molecular weight is 468 g/mol. The van der Waals surface area contributed by atoms with E-state index in [1.165, 1.54) is 0 Å². The van der Waals surface area contributed by atoms with Crippen LogP contribution in [0.4, 0.5) is 0 Å². The van der Waals surface area contributed by atoms with Crippen molar-refractivity contribution in [3.8, 4) is 0 Å². The van der Waals surface area contributed by atoms with Crippen LogP contribution in [-0.2, 0) is 14.3 Å². The Morgan fingerprint density at radius 2 is 1.59 bits per heavy atom. The van der Waals surface area contributed by atoms with E-state index < -0.39 is 5.92 Å². The van der Waals surface area contributed by atoms with Crippen LogP contribution in [0.2, 0.25) is 0 Å². The lowest BCUT2D eigenvalue weighted by Crippen LogP contribution is -2.46. The molecule has 2 rings (SSSR count). The highest BCUT2D eigenvalue weighted by Gasteiger charge is 2.37. The van der Waals surface area contributed by atoms with Crippen LogP contribution in [0.3, 0.4) is 0 Å². The van der Waals surface area contributed by atoms with Gasteiger partial charge in [0.25, 0.3) is 0 Å². The molecule has 0 fully saturated rings. The van der Waals surface area contributed by atoms with Gasteiger partial charge in [0, 0.05) is 50.0 Å². The third kappa shape index (κ3) is 8.24. The minimum atomic E-state index is -0.518. The van der Waals surface area contributed by atoms with Crippen molar-refractivity contribution in [2.24, 2.45) is 0 Å². The molecule has 0 aliphatic heterocycles. The van der Waals surface area contributed by atoms with Crippen LogP contribution in [0.5, 0.6) is 0 Å². The molecule has 2 amide bonds.